The molecule has 0 spiro atoms. The fraction of sp³-hybridized carbons (Fsp3) is 0. The minimum Gasteiger partial charge on any atom is -0.456 e. The van der Waals surface area contributed by atoms with Gasteiger partial charge in [0.1, 0.15) is 11.2 Å². The van der Waals surface area contributed by atoms with E-state index in [4.69, 9.17) is 14.4 Å². The van der Waals surface area contributed by atoms with Gasteiger partial charge in [0.15, 0.2) is 5.82 Å². The molecule has 0 bridgehead atoms. The zero-order valence-corrected chi connectivity index (χ0v) is 29.8. The molecule has 3 heteroatoms. The third-order valence-corrected chi connectivity index (χ3v) is 10.8. The molecule has 0 amide bonds. The van der Waals surface area contributed by atoms with E-state index in [9.17, 15) is 0 Å². The van der Waals surface area contributed by atoms with Gasteiger partial charge in [0.2, 0.25) is 0 Å². The molecule has 0 radical (unpaired) electrons. The van der Waals surface area contributed by atoms with Crippen molar-refractivity contribution in [1.29, 1.82) is 0 Å². The van der Waals surface area contributed by atoms with E-state index in [1.165, 1.54) is 49.0 Å². The molecule has 55 heavy (non-hydrogen) atoms. The summed E-state index contributed by atoms with van der Waals surface area (Å²) >= 11 is 0. The van der Waals surface area contributed by atoms with Crippen LogP contribution in [0.5, 0.6) is 0 Å². The van der Waals surface area contributed by atoms with Crippen molar-refractivity contribution in [2.24, 2.45) is 0 Å². The average molecular weight is 701 g/mol. The highest BCUT2D eigenvalue weighted by Crippen LogP contribution is 2.43. The van der Waals surface area contributed by atoms with E-state index < -0.39 is 0 Å². The first kappa shape index (κ1) is 31.2. The Balaban J connectivity index is 0.965. The summed E-state index contributed by atoms with van der Waals surface area (Å²) in [6.45, 7) is 0. The molecule has 0 saturated carbocycles. The molecule has 0 atom stereocenters. The van der Waals surface area contributed by atoms with Crippen LogP contribution in [0.25, 0.3) is 111 Å². The van der Waals surface area contributed by atoms with Crippen LogP contribution in [0.4, 0.5) is 0 Å². The lowest BCUT2D eigenvalue weighted by molar-refractivity contribution is 0.669. The number of rotatable bonds is 6. The van der Waals surface area contributed by atoms with Crippen molar-refractivity contribution in [2.45, 2.75) is 0 Å². The average Bonchev–Trinajstić information content (AvgIpc) is 3.66. The highest BCUT2D eigenvalue weighted by molar-refractivity contribution is 6.33. The van der Waals surface area contributed by atoms with Gasteiger partial charge in [0, 0.05) is 27.5 Å². The zero-order chi connectivity index (χ0) is 36.3. The largest absolute Gasteiger partial charge is 0.456 e. The van der Waals surface area contributed by atoms with Crippen molar-refractivity contribution in [2.75, 3.05) is 0 Å². The molecule has 0 saturated heterocycles. The summed E-state index contributed by atoms with van der Waals surface area (Å²) in [5.74, 6) is 0.702. The first-order chi connectivity index (χ1) is 27.2. The molecule has 0 unspecified atom stereocenters. The molecule has 0 fully saturated rings. The Morgan fingerprint density at radius 3 is 1.22 bits per heavy atom. The second-order valence-corrected chi connectivity index (χ2v) is 14.2. The second-order valence-electron chi connectivity index (χ2n) is 14.2. The van der Waals surface area contributed by atoms with Crippen molar-refractivity contribution in [3.63, 3.8) is 0 Å². The normalized spacial score (nSPS) is 11.6. The van der Waals surface area contributed by atoms with Gasteiger partial charge in [-0.1, -0.05) is 152 Å². The maximum atomic E-state index is 6.27. The molecule has 2 aromatic heterocycles. The van der Waals surface area contributed by atoms with Crippen molar-refractivity contribution in [1.82, 2.24) is 9.97 Å². The van der Waals surface area contributed by atoms with Crippen LogP contribution in [0.15, 0.2) is 199 Å². The molecule has 0 aliphatic heterocycles. The van der Waals surface area contributed by atoms with E-state index in [0.717, 1.165) is 55.9 Å². The molecule has 11 aromatic rings. The first-order valence-corrected chi connectivity index (χ1v) is 18.6. The molecule has 3 nitrogen and oxygen atoms in total. The Kier molecular flexibility index (Phi) is 7.17. The van der Waals surface area contributed by atoms with Crippen LogP contribution in [0.1, 0.15) is 0 Å². The lowest BCUT2D eigenvalue weighted by atomic mass is 9.91. The summed E-state index contributed by atoms with van der Waals surface area (Å²) in [5, 5.41) is 7.37. The fourth-order valence-electron chi connectivity index (χ4n) is 8.18. The number of hydrogen-bond acceptors (Lipinski definition) is 3. The third kappa shape index (κ3) is 5.36. The van der Waals surface area contributed by atoms with Gasteiger partial charge < -0.3 is 4.42 Å². The third-order valence-electron chi connectivity index (χ3n) is 10.8. The topological polar surface area (TPSA) is 38.9 Å². The van der Waals surface area contributed by atoms with Crippen LogP contribution in [0.3, 0.4) is 0 Å². The van der Waals surface area contributed by atoms with Gasteiger partial charge in [0.05, 0.1) is 11.4 Å². The maximum absolute atomic E-state index is 6.27. The SMILES string of the molecule is c1ccc(-c2cc(-c3ccccc3)nc(-c3cccc(-c4cccc(-c5cccc(-c6ccc7c(c6)c6cccc8oc9cccc7c9c86)c5)c4)c3)n2)cc1. The van der Waals surface area contributed by atoms with E-state index >= 15 is 0 Å². The number of fused-ring (bicyclic) bond motifs is 3. The van der Waals surface area contributed by atoms with Gasteiger partial charge in [-0.25, -0.2) is 9.97 Å². The predicted octanol–water partition coefficient (Wildman–Crippen LogP) is 14.1. The van der Waals surface area contributed by atoms with E-state index in [2.05, 4.69) is 158 Å². The molecule has 9 aromatic carbocycles. The van der Waals surface area contributed by atoms with Crippen LogP contribution in [-0.2, 0) is 0 Å². The van der Waals surface area contributed by atoms with Gasteiger partial charge in [-0.3, -0.25) is 0 Å². The summed E-state index contributed by atoms with van der Waals surface area (Å²) in [4.78, 5) is 10.2. The van der Waals surface area contributed by atoms with Gasteiger partial charge in [-0.05, 0) is 97.4 Å². The van der Waals surface area contributed by atoms with Gasteiger partial charge >= 0.3 is 0 Å². The first-order valence-electron chi connectivity index (χ1n) is 18.6. The predicted molar refractivity (Wildman–Crippen MR) is 228 cm³/mol. The van der Waals surface area contributed by atoms with Crippen molar-refractivity contribution < 1.29 is 4.42 Å². The lowest BCUT2D eigenvalue weighted by Crippen LogP contribution is -1.96. The van der Waals surface area contributed by atoms with E-state index in [-0.39, 0.29) is 0 Å². The Morgan fingerprint density at radius 2 is 0.691 bits per heavy atom. The second kappa shape index (κ2) is 12.6. The number of aromatic nitrogens is 2. The smallest absolute Gasteiger partial charge is 0.160 e. The number of hydrogen-bond donors (Lipinski definition) is 0. The standard InChI is InChI=1S/C52H32N2O/c1-3-12-33(13-4-1)46-32-47(34-14-5-2-6-15-34)54-52(53-46)41-21-9-20-39(30-41)37-18-7-16-35(28-37)36-17-8-19-38(29-36)40-26-27-42-43-22-10-24-48-50(43)51-44(45(42)31-40)23-11-25-49(51)55-48/h1-32H. The fourth-order valence-corrected chi connectivity index (χ4v) is 8.18. The van der Waals surface area contributed by atoms with E-state index in [1.54, 1.807) is 0 Å². The minimum atomic E-state index is 0.702. The molecule has 11 rings (SSSR count). The Bertz CT molecular complexity index is 3140. The molecule has 256 valence electrons. The summed E-state index contributed by atoms with van der Waals surface area (Å²) < 4.78 is 6.27. The van der Waals surface area contributed by atoms with Crippen LogP contribution in [-0.4, -0.2) is 9.97 Å². The molecule has 0 aliphatic rings. The Labute approximate surface area is 318 Å². The van der Waals surface area contributed by atoms with Crippen LogP contribution in [0, 0.1) is 0 Å². The number of benzene rings is 9. The Hall–Kier alpha value is -7.36. The number of nitrogens with zero attached hydrogens (tertiary/aromatic N) is 2. The maximum Gasteiger partial charge on any atom is 0.160 e. The van der Waals surface area contributed by atoms with Crippen molar-refractivity contribution >= 4 is 43.5 Å². The van der Waals surface area contributed by atoms with Gasteiger partial charge in [-0.2, -0.15) is 0 Å². The van der Waals surface area contributed by atoms with E-state index in [0.29, 0.717) is 5.82 Å². The summed E-state index contributed by atoms with van der Waals surface area (Å²) in [7, 11) is 0. The number of furan rings is 1. The van der Waals surface area contributed by atoms with Crippen LogP contribution in [0.2, 0.25) is 0 Å². The molecule has 2 heterocycles. The van der Waals surface area contributed by atoms with Crippen LogP contribution < -0.4 is 0 Å². The monoisotopic (exact) mass is 700 g/mol. The molecular formula is C52H32N2O. The minimum absolute atomic E-state index is 0.702. The zero-order valence-electron chi connectivity index (χ0n) is 29.8. The Morgan fingerprint density at radius 1 is 0.273 bits per heavy atom. The highest BCUT2D eigenvalue weighted by atomic mass is 16.3. The van der Waals surface area contributed by atoms with Gasteiger partial charge in [0.25, 0.3) is 0 Å². The summed E-state index contributed by atoms with van der Waals surface area (Å²) in [6.07, 6.45) is 0. The molecule has 0 N–H and O–H groups in total. The van der Waals surface area contributed by atoms with Crippen LogP contribution >= 0.6 is 0 Å². The van der Waals surface area contributed by atoms with Gasteiger partial charge in [-0.15, -0.1) is 0 Å². The summed E-state index contributed by atoms with van der Waals surface area (Å²) in [6, 6.07) is 68.6. The van der Waals surface area contributed by atoms with Crippen molar-refractivity contribution in [3.05, 3.63) is 194 Å². The molecule has 0 aliphatic carbocycles. The highest BCUT2D eigenvalue weighted by Gasteiger charge is 2.17. The van der Waals surface area contributed by atoms with Crippen molar-refractivity contribution in [3.8, 4) is 67.3 Å². The lowest BCUT2D eigenvalue weighted by Gasteiger charge is -2.12. The summed E-state index contributed by atoms with van der Waals surface area (Å²) in [5.41, 5.74) is 13.7. The quantitative estimate of drug-likeness (QED) is 0.162. The molecular weight excluding hydrogens is 669 g/mol. The van der Waals surface area contributed by atoms with E-state index in [1.807, 2.05) is 36.4 Å².